The molecule has 264 valence electrons. The van der Waals surface area contributed by atoms with Crippen LogP contribution in [-0.4, -0.2) is 98.9 Å². The number of aryl methyl sites for hydroxylation is 4. The normalized spacial score (nSPS) is 19.4. The van der Waals surface area contributed by atoms with Gasteiger partial charge in [-0.25, -0.2) is 19.0 Å². The minimum absolute atomic E-state index is 0.133. The van der Waals surface area contributed by atoms with Crippen LogP contribution >= 0.6 is 0 Å². The van der Waals surface area contributed by atoms with Gasteiger partial charge in [0.1, 0.15) is 13.2 Å². The average Bonchev–Trinajstić information content (AvgIpc) is 3.65. The zero-order chi connectivity index (χ0) is 34.8. The van der Waals surface area contributed by atoms with Crippen LogP contribution in [0.5, 0.6) is 11.8 Å². The lowest BCUT2D eigenvalue weighted by molar-refractivity contribution is 0.180. The monoisotopic (exact) mass is 679 g/mol. The predicted molar refractivity (Wildman–Crippen MR) is 198 cm³/mol. The molecule has 0 aromatic carbocycles. The van der Waals surface area contributed by atoms with E-state index in [0.29, 0.717) is 53.7 Å². The van der Waals surface area contributed by atoms with E-state index in [4.69, 9.17) is 40.8 Å². The molecular formula is C37H49N11O2. The van der Waals surface area contributed by atoms with Gasteiger partial charge in [0.2, 0.25) is 0 Å². The van der Waals surface area contributed by atoms with Crippen molar-refractivity contribution in [3.8, 4) is 11.8 Å². The fraction of sp³-hybridized carbons (Fsp3) is 0.486. The maximum atomic E-state index is 8.83. The van der Waals surface area contributed by atoms with Gasteiger partial charge in [-0.05, 0) is 109 Å². The maximum Gasteiger partial charge on any atom is 0.260 e. The second-order valence-electron chi connectivity index (χ2n) is 13.7. The first-order chi connectivity index (χ1) is 24.3. The smallest absolute Gasteiger partial charge is 0.260 e. The lowest BCUT2D eigenvalue weighted by Crippen LogP contribution is -2.42. The molecule has 0 saturated carbocycles. The maximum absolute atomic E-state index is 8.83. The van der Waals surface area contributed by atoms with E-state index in [9.17, 15) is 0 Å². The Labute approximate surface area is 293 Å². The topological polar surface area (TPSA) is 146 Å². The van der Waals surface area contributed by atoms with Gasteiger partial charge < -0.3 is 20.5 Å². The van der Waals surface area contributed by atoms with Crippen molar-refractivity contribution in [1.29, 1.82) is 5.41 Å². The largest absolute Gasteiger partial charge is 0.474 e. The van der Waals surface area contributed by atoms with Crippen molar-refractivity contribution < 1.29 is 9.47 Å². The van der Waals surface area contributed by atoms with Gasteiger partial charge in [0.25, 0.3) is 11.8 Å². The number of rotatable bonds is 10. The Bertz CT molecular complexity index is 1990. The lowest BCUT2D eigenvalue weighted by atomic mass is 10.1. The third-order valence-corrected chi connectivity index (χ3v) is 10.2. The molecule has 13 nitrogen and oxygen atoms in total. The Morgan fingerprint density at radius 1 is 0.700 bits per heavy atom. The molecule has 0 amide bonds. The predicted octanol–water partition coefficient (Wildman–Crippen LogP) is 5.17. The van der Waals surface area contributed by atoms with Crippen LogP contribution in [0.15, 0.2) is 46.0 Å². The van der Waals surface area contributed by atoms with Crippen molar-refractivity contribution >= 4 is 39.8 Å². The number of piperidine rings is 2. The van der Waals surface area contributed by atoms with Crippen molar-refractivity contribution in [2.45, 2.75) is 66.2 Å². The molecule has 0 aliphatic carbocycles. The highest BCUT2D eigenvalue weighted by Gasteiger charge is 2.25. The van der Waals surface area contributed by atoms with Gasteiger partial charge in [-0.1, -0.05) is 25.0 Å². The summed E-state index contributed by atoms with van der Waals surface area (Å²) >= 11 is 0. The molecular weight excluding hydrogens is 630 g/mol. The summed E-state index contributed by atoms with van der Waals surface area (Å²) in [5, 5.41) is 21.8. The fourth-order valence-electron chi connectivity index (χ4n) is 6.86. The highest BCUT2D eigenvalue weighted by molar-refractivity contribution is 6.50. The Hall–Kier alpha value is -4.75. The van der Waals surface area contributed by atoms with Crippen LogP contribution < -0.4 is 20.5 Å². The summed E-state index contributed by atoms with van der Waals surface area (Å²) in [7, 11) is 0. The number of amidine groups is 2. The molecule has 4 aromatic rings. The first kappa shape index (κ1) is 33.7. The second kappa shape index (κ2) is 14.6. The summed E-state index contributed by atoms with van der Waals surface area (Å²) in [5.74, 6) is 1.53. The molecule has 0 radical (unpaired) electrons. The van der Waals surface area contributed by atoms with Crippen LogP contribution in [-0.2, 0) is 0 Å². The Kier molecular flexibility index (Phi) is 9.86. The number of likely N-dealkylation sites (tertiary alicyclic amines) is 2. The molecule has 2 fully saturated rings. The molecule has 0 spiro atoms. The Morgan fingerprint density at radius 2 is 1.16 bits per heavy atom. The van der Waals surface area contributed by atoms with Crippen molar-refractivity contribution in [2.75, 3.05) is 52.5 Å². The summed E-state index contributed by atoms with van der Waals surface area (Å²) in [4.78, 5) is 14.8. The summed E-state index contributed by atoms with van der Waals surface area (Å²) in [6, 6.07) is 8.11. The third-order valence-electron chi connectivity index (χ3n) is 10.2. The zero-order valence-corrected chi connectivity index (χ0v) is 29.8. The summed E-state index contributed by atoms with van der Waals surface area (Å²) in [5.41, 5.74) is 13.9. The molecule has 7 rings (SSSR count). The van der Waals surface area contributed by atoms with E-state index in [2.05, 4.69) is 41.1 Å². The van der Waals surface area contributed by atoms with Crippen molar-refractivity contribution in [1.82, 2.24) is 34.3 Å². The quantitative estimate of drug-likeness (QED) is 0.208. The van der Waals surface area contributed by atoms with Crippen LogP contribution in [0.25, 0.3) is 11.0 Å². The van der Waals surface area contributed by atoms with Crippen LogP contribution in [0.2, 0.25) is 0 Å². The van der Waals surface area contributed by atoms with Gasteiger partial charge in [-0.2, -0.15) is 0 Å². The number of ether oxygens (including phenoxy) is 2. The van der Waals surface area contributed by atoms with E-state index in [1.807, 2.05) is 35.0 Å². The van der Waals surface area contributed by atoms with Crippen molar-refractivity contribution in [2.24, 2.45) is 15.7 Å². The Morgan fingerprint density at radius 3 is 1.64 bits per heavy atom. The van der Waals surface area contributed by atoms with Crippen LogP contribution in [0.1, 0.15) is 61.0 Å². The van der Waals surface area contributed by atoms with E-state index >= 15 is 0 Å². The number of nitrogens with zero attached hydrogens (tertiary/aromatic N) is 8. The zero-order valence-electron chi connectivity index (χ0n) is 29.8. The molecule has 4 N–H and O–H groups in total. The molecule has 7 heterocycles. The number of aliphatic imine (C=N–C) groups is 2. The molecule has 0 unspecified atom stereocenters. The van der Waals surface area contributed by atoms with Gasteiger partial charge in [0.15, 0.2) is 23.0 Å². The molecule has 4 aromatic heterocycles. The number of fused-ring (bicyclic) bond motifs is 2. The summed E-state index contributed by atoms with van der Waals surface area (Å²) in [6.07, 6.45) is 9.05. The number of nitrogens with two attached hydrogens (primary N) is 1. The van der Waals surface area contributed by atoms with E-state index in [1.165, 1.54) is 38.5 Å². The lowest BCUT2D eigenvalue weighted by Gasteiger charge is -2.26. The number of pyridine rings is 2. The molecule has 0 atom stereocenters. The molecule has 0 bridgehead atoms. The minimum Gasteiger partial charge on any atom is -0.474 e. The van der Waals surface area contributed by atoms with Crippen molar-refractivity contribution in [3.63, 3.8) is 0 Å². The molecule has 50 heavy (non-hydrogen) atoms. The standard InChI is InChI=1S/C37H49N11O2/c1-24-11-13-30-32(36(43-47(30)26(24)3)49-21-19-45-15-7-5-8-16-45)40-34-28(38)23-29(39)35(42-34)41-33-31-14-12-25(2)27(4)48(31)44-37(33)50-22-20-46-17-9-6-10-18-46/h11-14,23,38H,5-10,15-22,39H2,1-4H3,(H,40,41,42). The molecule has 3 aliphatic rings. The first-order valence-corrected chi connectivity index (χ1v) is 18.0. The molecule has 3 aliphatic heterocycles. The first-order valence-electron chi connectivity index (χ1n) is 18.0. The second-order valence-corrected chi connectivity index (χ2v) is 13.7. The molecule has 13 heteroatoms. The SMILES string of the molecule is Cc1ccc2c(N=C3NC(=Nc4c(OCCN5CCCCC5)nn5c(C)c(C)ccc45)C(N)=CC3=N)c(OCCN3CCCCC3)nn2c1C. The van der Waals surface area contributed by atoms with Crippen LogP contribution in [0.4, 0.5) is 11.4 Å². The van der Waals surface area contributed by atoms with Gasteiger partial charge >= 0.3 is 0 Å². The summed E-state index contributed by atoms with van der Waals surface area (Å²) < 4.78 is 16.4. The number of hydrogen-bond donors (Lipinski definition) is 3. The van der Waals surface area contributed by atoms with Gasteiger partial charge in [0.05, 0.1) is 22.4 Å². The summed E-state index contributed by atoms with van der Waals surface area (Å²) in [6.45, 7) is 15.2. The Balaban J connectivity index is 1.21. The van der Waals surface area contributed by atoms with Crippen molar-refractivity contribution in [3.05, 3.63) is 58.6 Å². The van der Waals surface area contributed by atoms with Gasteiger partial charge in [0, 0.05) is 24.5 Å². The number of aromatic nitrogens is 4. The number of nitrogens with one attached hydrogen (secondary N) is 2. The number of hydrogen-bond acceptors (Lipinski definition) is 10. The van der Waals surface area contributed by atoms with Crippen LogP contribution in [0, 0.1) is 33.1 Å². The van der Waals surface area contributed by atoms with Gasteiger partial charge in [-0.3, -0.25) is 15.2 Å². The van der Waals surface area contributed by atoms with E-state index in [0.717, 1.165) is 72.8 Å². The van der Waals surface area contributed by atoms with E-state index in [1.54, 1.807) is 6.08 Å². The highest BCUT2D eigenvalue weighted by atomic mass is 16.5. The fourth-order valence-corrected chi connectivity index (χ4v) is 6.86. The third kappa shape index (κ3) is 6.97. The molecule has 2 saturated heterocycles. The van der Waals surface area contributed by atoms with Gasteiger partial charge in [-0.15, -0.1) is 10.2 Å². The van der Waals surface area contributed by atoms with Crippen LogP contribution in [0.3, 0.4) is 0 Å². The average molecular weight is 680 g/mol. The minimum atomic E-state index is 0.133. The van der Waals surface area contributed by atoms with E-state index in [-0.39, 0.29) is 5.71 Å². The van der Waals surface area contributed by atoms with E-state index < -0.39 is 0 Å². The highest BCUT2D eigenvalue weighted by Crippen LogP contribution is 2.35.